The van der Waals surface area contributed by atoms with E-state index >= 15 is 0 Å². The number of nitriles is 1. The van der Waals surface area contributed by atoms with Crippen LogP contribution in [0.5, 0.6) is 0 Å². The maximum absolute atomic E-state index is 12.6. The summed E-state index contributed by atoms with van der Waals surface area (Å²) < 4.78 is 37.7. The SMILES string of the molecule is N#CC=Cc1ccc(C(=O)O)c(C(F)(F)F)c1. The molecule has 1 aromatic rings. The van der Waals surface area contributed by atoms with Crippen LogP contribution in [0.1, 0.15) is 21.5 Å². The molecule has 0 aliphatic carbocycles. The Hall–Kier alpha value is -2.29. The topological polar surface area (TPSA) is 61.1 Å². The van der Waals surface area contributed by atoms with E-state index < -0.39 is 23.3 Å². The average Bonchev–Trinajstić information content (AvgIpc) is 2.24. The molecule has 0 spiro atoms. The summed E-state index contributed by atoms with van der Waals surface area (Å²) in [5.74, 6) is -1.65. The van der Waals surface area contributed by atoms with Crippen molar-refractivity contribution in [2.45, 2.75) is 6.18 Å². The quantitative estimate of drug-likeness (QED) is 0.809. The molecule has 1 aromatic carbocycles. The zero-order valence-corrected chi connectivity index (χ0v) is 8.32. The van der Waals surface area contributed by atoms with E-state index in [-0.39, 0.29) is 5.56 Å². The van der Waals surface area contributed by atoms with Crippen LogP contribution in [0.15, 0.2) is 24.3 Å². The van der Waals surface area contributed by atoms with Gasteiger partial charge in [0, 0.05) is 6.08 Å². The van der Waals surface area contributed by atoms with E-state index in [1.54, 1.807) is 6.07 Å². The molecule has 0 saturated heterocycles. The van der Waals surface area contributed by atoms with Crippen molar-refractivity contribution in [2.75, 3.05) is 0 Å². The highest BCUT2D eigenvalue weighted by molar-refractivity contribution is 5.90. The number of allylic oxidation sites excluding steroid dienone is 1. The van der Waals surface area contributed by atoms with Gasteiger partial charge in [-0.15, -0.1) is 0 Å². The Kier molecular flexibility index (Phi) is 3.53. The normalized spacial score (nSPS) is 11.4. The number of halogens is 3. The summed E-state index contributed by atoms with van der Waals surface area (Å²) in [4.78, 5) is 10.6. The van der Waals surface area contributed by atoms with Gasteiger partial charge in [0.25, 0.3) is 0 Å². The Morgan fingerprint density at radius 1 is 1.41 bits per heavy atom. The van der Waals surface area contributed by atoms with Gasteiger partial charge in [0.15, 0.2) is 0 Å². The molecule has 0 atom stereocenters. The summed E-state index contributed by atoms with van der Waals surface area (Å²) in [7, 11) is 0. The van der Waals surface area contributed by atoms with Crippen LogP contribution in [0.3, 0.4) is 0 Å². The van der Waals surface area contributed by atoms with Gasteiger partial charge in [-0.05, 0) is 23.8 Å². The van der Waals surface area contributed by atoms with E-state index in [0.717, 1.165) is 12.1 Å². The monoisotopic (exact) mass is 241 g/mol. The van der Waals surface area contributed by atoms with Crippen molar-refractivity contribution in [3.63, 3.8) is 0 Å². The number of rotatable bonds is 2. The van der Waals surface area contributed by atoms with Crippen molar-refractivity contribution < 1.29 is 23.1 Å². The first kappa shape index (κ1) is 12.8. The van der Waals surface area contributed by atoms with Crippen LogP contribution in [0.25, 0.3) is 6.08 Å². The molecule has 0 radical (unpaired) electrons. The Balaban J connectivity index is 3.36. The van der Waals surface area contributed by atoms with E-state index in [4.69, 9.17) is 10.4 Å². The Bertz CT molecular complexity index is 512. The highest BCUT2D eigenvalue weighted by Crippen LogP contribution is 2.33. The second-order valence-electron chi connectivity index (χ2n) is 3.07. The lowest BCUT2D eigenvalue weighted by molar-refractivity contribution is -0.138. The van der Waals surface area contributed by atoms with Gasteiger partial charge < -0.3 is 5.11 Å². The van der Waals surface area contributed by atoms with Gasteiger partial charge in [0.1, 0.15) is 0 Å². The Labute approximate surface area is 94.4 Å². The first-order chi connectivity index (χ1) is 7.86. The van der Waals surface area contributed by atoms with E-state index in [2.05, 4.69) is 0 Å². The summed E-state index contributed by atoms with van der Waals surface area (Å²) in [6.07, 6.45) is -2.57. The third-order valence-electron chi connectivity index (χ3n) is 1.93. The van der Waals surface area contributed by atoms with Gasteiger partial charge >= 0.3 is 12.1 Å². The van der Waals surface area contributed by atoms with Gasteiger partial charge in [-0.25, -0.2) is 4.79 Å². The minimum absolute atomic E-state index is 0.115. The predicted molar refractivity (Wildman–Crippen MR) is 53.1 cm³/mol. The molecule has 0 unspecified atom stereocenters. The maximum atomic E-state index is 12.6. The third kappa shape index (κ3) is 3.08. The molecule has 0 amide bonds. The maximum Gasteiger partial charge on any atom is 0.417 e. The lowest BCUT2D eigenvalue weighted by atomic mass is 10.0. The zero-order valence-electron chi connectivity index (χ0n) is 8.32. The largest absolute Gasteiger partial charge is 0.478 e. The summed E-state index contributed by atoms with van der Waals surface area (Å²) >= 11 is 0. The molecule has 88 valence electrons. The van der Waals surface area contributed by atoms with Crippen molar-refractivity contribution in [3.05, 3.63) is 41.0 Å². The molecule has 0 saturated carbocycles. The van der Waals surface area contributed by atoms with Crippen molar-refractivity contribution in [1.29, 1.82) is 5.26 Å². The summed E-state index contributed by atoms with van der Waals surface area (Å²) in [5, 5.41) is 16.9. The fourth-order valence-electron chi connectivity index (χ4n) is 1.22. The van der Waals surface area contributed by atoms with Crippen LogP contribution in [0, 0.1) is 11.3 Å². The summed E-state index contributed by atoms with van der Waals surface area (Å²) in [6.45, 7) is 0. The van der Waals surface area contributed by atoms with Gasteiger partial charge in [0.2, 0.25) is 0 Å². The van der Waals surface area contributed by atoms with Crippen LogP contribution in [-0.4, -0.2) is 11.1 Å². The van der Waals surface area contributed by atoms with Crippen LogP contribution in [-0.2, 0) is 6.18 Å². The van der Waals surface area contributed by atoms with Crippen molar-refractivity contribution in [3.8, 4) is 6.07 Å². The number of hydrogen-bond acceptors (Lipinski definition) is 2. The molecule has 0 fully saturated rings. The molecule has 1 rings (SSSR count). The molecule has 3 nitrogen and oxygen atoms in total. The number of benzene rings is 1. The van der Waals surface area contributed by atoms with Crippen LogP contribution in [0.4, 0.5) is 13.2 Å². The van der Waals surface area contributed by atoms with Crippen LogP contribution < -0.4 is 0 Å². The van der Waals surface area contributed by atoms with E-state index in [1.165, 1.54) is 12.1 Å². The lowest BCUT2D eigenvalue weighted by Crippen LogP contribution is -2.13. The number of aromatic carboxylic acids is 1. The predicted octanol–water partition coefficient (Wildman–Crippen LogP) is 2.94. The molecule has 0 aliphatic heterocycles. The molecule has 1 N–H and O–H groups in total. The van der Waals surface area contributed by atoms with Crippen molar-refractivity contribution in [2.24, 2.45) is 0 Å². The summed E-state index contributed by atoms with van der Waals surface area (Å²) in [5.41, 5.74) is -1.93. The van der Waals surface area contributed by atoms with Gasteiger partial charge in [-0.2, -0.15) is 18.4 Å². The summed E-state index contributed by atoms with van der Waals surface area (Å²) in [6, 6.07) is 4.39. The number of nitrogens with zero attached hydrogens (tertiary/aromatic N) is 1. The number of carbonyl (C=O) groups is 1. The van der Waals surface area contributed by atoms with Crippen LogP contribution in [0.2, 0.25) is 0 Å². The fraction of sp³-hybridized carbons (Fsp3) is 0.0909. The fourth-order valence-corrected chi connectivity index (χ4v) is 1.22. The molecule has 0 bridgehead atoms. The van der Waals surface area contributed by atoms with Crippen molar-refractivity contribution >= 4 is 12.0 Å². The first-order valence-electron chi connectivity index (χ1n) is 4.37. The van der Waals surface area contributed by atoms with E-state index in [1.807, 2.05) is 0 Å². The minimum atomic E-state index is -4.75. The Morgan fingerprint density at radius 3 is 2.53 bits per heavy atom. The van der Waals surface area contributed by atoms with Gasteiger partial charge in [-0.3, -0.25) is 0 Å². The molecule has 6 heteroatoms. The van der Waals surface area contributed by atoms with Gasteiger partial charge in [-0.1, -0.05) is 6.07 Å². The van der Waals surface area contributed by atoms with Crippen LogP contribution >= 0.6 is 0 Å². The second kappa shape index (κ2) is 4.70. The molecule has 0 aliphatic rings. The van der Waals surface area contributed by atoms with Gasteiger partial charge in [0.05, 0.1) is 17.2 Å². The number of alkyl halides is 3. The molecular weight excluding hydrogens is 235 g/mol. The van der Waals surface area contributed by atoms with E-state index in [0.29, 0.717) is 6.07 Å². The number of carboxylic acid groups (broad SMARTS) is 1. The lowest BCUT2D eigenvalue weighted by Gasteiger charge is -2.10. The first-order valence-corrected chi connectivity index (χ1v) is 4.37. The average molecular weight is 241 g/mol. The number of hydrogen-bond donors (Lipinski definition) is 1. The molecule has 0 aromatic heterocycles. The second-order valence-corrected chi connectivity index (χ2v) is 3.07. The molecule has 17 heavy (non-hydrogen) atoms. The Morgan fingerprint density at radius 2 is 2.06 bits per heavy atom. The highest BCUT2D eigenvalue weighted by Gasteiger charge is 2.35. The number of carboxylic acids is 1. The zero-order chi connectivity index (χ0) is 13.1. The van der Waals surface area contributed by atoms with Crippen molar-refractivity contribution in [1.82, 2.24) is 0 Å². The minimum Gasteiger partial charge on any atom is -0.478 e. The smallest absolute Gasteiger partial charge is 0.417 e. The molecular formula is C11H6F3NO2. The highest BCUT2D eigenvalue weighted by atomic mass is 19.4. The standard InChI is InChI=1S/C11H6F3NO2/c12-11(13,14)9-6-7(2-1-5-15)3-4-8(9)10(16)17/h1-4,6H,(H,16,17). The van der Waals surface area contributed by atoms with E-state index in [9.17, 15) is 18.0 Å². The molecule has 0 heterocycles. The third-order valence-corrected chi connectivity index (χ3v) is 1.93.